The molecule has 0 heterocycles. The second-order valence-electron chi connectivity index (χ2n) is 0.459. The molecule has 1 heteroatoms. The number of rotatable bonds is 0. The van der Waals surface area contributed by atoms with E-state index < -0.39 is 0 Å². The Morgan fingerprint density at radius 2 is 2.40 bits per heavy atom. The van der Waals surface area contributed by atoms with Crippen molar-refractivity contribution < 1.29 is 0 Å². The number of halogens is 1. The van der Waals surface area contributed by atoms with Crippen LogP contribution in [0.2, 0.25) is 0 Å². The molecule has 0 aliphatic heterocycles. The van der Waals surface area contributed by atoms with Crippen molar-refractivity contribution in [1.29, 1.82) is 0 Å². The molecule has 0 amide bonds. The van der Waals surface area contributed by atoms with Crippen LogP contribution in [0.15, 0.2) is 11.6 Å². The highest BCUT2D eigenvalue weighted by Gasteiger charge is 1.43. The van der Waals surface area contributed by atoms with Crippen LogP contribution in [0.1, 0.15) is 0 Å². The van der Waals surface area contributed by atoms with E-state index in [4.69, 9.17) is 18.0 Å². The van der Waals surface area contributed by atoms with Crippen molar-refractivity contribution in [2.75, 3.05) is 0 Å². The number of hydrogen-bond acceptors (Lipinski definition) is 0. The molecule has 26 valence electrons. The van der Waals surface area contributed by atoms with Crippen molar-refractivity contribution in [2.24, 2.45) is 0 Å². The van der Waals surface area contributed by atoms with Gasteiger partial charge in [0, 0.05) is 5.54 Å². The second-order valence-corrected chi connectivity index (χ2v) is 0.711. The van der Waals surface area contributed by atoms with Crippen LogP contribution >= 0.6 is 11.6 Å². The van der Waals surface area contributed by atoms with Gasteiger partial charge < -0.3 is 0 Å². The summed E-state index contributed by atoms with van der Waals surface area (Å²) in [7, 11) is 0. The fourth-order valence-corrected chi connectivity index (χ4v) is 0.109. The van der Waals surface area contributed by atoms with E-state index >= 15 is 0 Å². The first-order valence-corrected chi connectivity index (χ1v) is 1.57. The minimum atomic E-state index is 1.29. The zero-order valence-electron chi connectivity index (χ0n) is 2.61. The smallest absolute Gasteiger partial charge is 0.0126 e. The first kappa shape index (κ1) is 4.59. The van der Waals surface area contributed by atoms with Crippen molar-refractivity contribution >= 4 is 11.6 Å². The van der Waals surface area contributed by atoms with Gasteiger partial charge in [-0.2, -0.15) is 0 Å². The first-order valence-electron chi connectivity index (χ1n) is 1.13. The quantitative estimate of drug-likeness (QED) is 0.391. The molecule has 0 atom stereocenters. The lowest BCUT2D eigenvalue weighted by Gasteiger charge is -1.49. The Labute approximate surface area is 36.4 Å². The SMILES string of the molecule is C#CC=CCl. The monoisotopic (exact) mass is 86.0 g/mol. The molecule has 0 spiro atoms. The van der Waals surface area contributed by atoms with Gasteiger partial charge in [-0.25, -0.2) is 0 Å². The normalized spacial score (nSPS) is 8.00. The molecule has 0 bridgehead atoms. The van der Waals surface area contributed by atoms with E-state index in [-0.39, 0.29) is 0 Å². The summed E-state index contributed by atoms with van der Waals surface area (Å²) >= 11 is 4.98. The summed E-state index contributed by atoms with van der Waals surface area (Å²) in [5.74, 6) is 2.20. The average molecular weight is 86.5 g/mol. The van der Waals surface area contributed by atoms with E-state index in [1.807, 2.05) is 0 Å². The minimum Gasteiger partial charge on any atom is -0.115 e. The molecule has 0 saturated heterocycles. The highest BCUT2D eigenvalue weighted by molar-refractivity contribution is 6.25. The van der Waals surface area contributed by atoms with Crippen molar-refractivity contribution in [2.45, 2.75) is 0 Å². The Hall–Kier alpha value is -0.410. The van der Waals surface area contributed by atoms with Crippen LogP contribution in [0.4, 0.5) is 0 Å². The number of allylic oxidation sites excluding steroid dienone is 1. The molecule has 0 nitrogen and oxygen atoms in total. The van der Waals surface area contributed by atoms with Gasteiger partial charge >= 0.3 is 0 Å². The third kappa shape index (κ3) is 3.59. The maximum atomic E-state index is 4.98. The largest absolute Gasteiger partial charge is 0.115 e. The molecular formula is C4H3Cl. The summed E-state index contributed by atoms with van der Waals surface area (Å²) < 4.78 is 0. The van der Waals surface area contributed by atoms with Gasteiger partial charge in [0.05, 0.1) is 0 Å². The minimum absolute atomic E-state index is 1.29. The average Bonchev–Trinajstić information content (AvgIpc) is 1.41. The molecule has 0 aliphatic carbocycles. The van der Waals surface area contributed by atoms with Gasteiger partial charge in [-0.05, 0) is 6.08 Å². The van der Waals surface area contributed by atoms with E-state index in [0.29, 0.717) is 0 Å². The molecule has 0 saturated carbocycles. The van der Waals surface area contributed by atoms with E-state index in [0.717, 1.165) is 0 Å². The Morgan fingerprint density at radius 3 is 2.40 bits per heavy atom. The number of terminal acetylenes is 1. The van der Waals surface area contributed by atoms with E-state index in [2.05, 4.69) is 5.92 Å². The van der Waals surface area contributed by atoms with Gasteiger partial charge in [-0.3, -0.25) is 0 Å². The third-order valence-electron chi connectivity index (χ3n) is 0.159. The zero-order chi connectivity index (χ0) is 4.12. The van der Waals surface area contributed by atoms with Crippen molar-refractivity contribution in [3.05, 3.63) is 11.6 Å². The van der Waals surface area contributed by atoms with Crippen LogP contribution in [-0.2, 0) is 0 Å². The van der Waals surface area contributed by atoms with Crippen LogP contribution in [-0.4, -0.2) is 0 Å². The maximum Gasteiger partial charge on any atom is 0.0126 e. The molecule has 0 aromatic carbocycles. The van der Waals surface area contributed by atoms with Crippen LogP contribution in [0.3, 0.4) is 0 Å². The molecular weight excluding hydrogens is 83.5 g/mol. The summed E-state index contributed by atoms with van der Waals surface area (Å²) in [5, 5.41) is 0. The third-order valence-corrected chi connectivity index (χ3v) is 0.285. The Kier molecular flexibility index (Phi) is 3.30. The zero-order valence-corrected chi connectivity index (χ0v) is 3.37. The molecule has 0 aromatic heterocycles. The summed E-state index contributed by atoms with van der Waals surface area (Å²) in [6, 6.07) is 0. The lowest BCUT2D eigenvalue weighted by Crippen LogP contribution is -1.31. The first-order chi connectivity index (χ1) is 2.41. The summed E-state index contributed by atoms with van der Waals surface area (Å²) in [5.41, 5.74) is 1.29. The van der Waals surface area contributed by atoms with Gasteiger partial charge in [-0.1, -0.05) is 17.5 Å². The maximum absolute atomic E-state index is 4.98. The fraction of sp³-hybridized carbons (Fsp3) is 0. The summed E-state index contributed by atoms with van der Waals surface area (Å²) in [6.45, 7) is 0. The highest BCUT2D eigenvalue weighted by Crippen LogP contribution is 1.71. The molecule has 0 unspecified atom stereocenters. The van der Waals surface area contributed by atoms with E-state index in [1.165, 1.54) is 11.6 Å². The Bertz CT molecular complexity index is 66.2. The van der Waals surface area contributed by atoms with Crippen LogP contribution in [0.5, 0.6) is 0 Å². The molecule has 0 aliphatic rings. The van der Waals surface area contributed by atoms with Crippen molar-refractivity contribution in [3.63, 3.8) is 0 Å². The summed E-state index contributed by atoms with van der Waals surface area (Å²) in [6.07, 6.45) is 6.14. The van der Waals surface area contributed by atoms with E-state index in [1.54, 1.807) is 0 Å². The molecule has 0 fully saturated rings. The highest BCUT2D eigenvalue weighted by atomic mass is 35.5. The predicted molar refractivity (Wildman–Crippen MR) is 23.8 cm³/mol. The van der Waals surface area contributed by atoms with Crippen molar-refractivity contribution in [3.8, 4) is 12.3 Å². The standard InChI is InChI=1S/C4H3Cl/c1-2-3-4-5/h1,3-4H. The van der Waals surface area contributed by atoms with Gasteiger partial charge in [-0.15, -0.1) is 6.42 Å². The fourth-order valence-electron chi connectivity index (χ4n) is 0.0364. The van der Waals surface area contributed by atoms with Crippen LogP contribution < -0.4 is 0 Å². The van der Waals surface area contributed by atoms with Crippen molar-refractivity contribution in [1.82, 2.24) is 0 Å². The predicted octanol–water partition coefficient (Wildman–Crippen LogP) is 1.37. The lowest BCUT2D eigenvalue weighted by atomic mass is 10.7. The molecule has 0 rings (SSSR count). The molecule has 0 aromatic rings. The van der Waals surface area contributed by atoms with Gasteiger partial charge in [0.2, 0.25) is 0 Å². The van der Waals surface area contributed by atoms with Gasteiger partial charge in [0.25, 0.3) is 0 Å². The number of hydrogen-bond donors (Lipinski definition) is 0. The molecule has 0 N–H and O–H groups in total. The molecule has 5 heavy (non-hydrogen) atoms. The Balaban J connectivity index is 3.04. The second kappa shape index (κ2) is 3.59. The van der Waals surface area contributed by atoms with E-state index in [9.17, 15) is 0 Å². The van der Waals surface area contributed by atoms with Crippen LogP contribution in [0.25, 0.3) is 0 Å². The van der Waals surface area contributed by atoms with Crippen LogP contribution in [0, 0.1) is 12.3 Å². The topological polar surface area (TPSA) is 0 Å². The van der Waals surface area contributed by atoms with Gasteiger partial charge in [0.15, 0.2) is 0 Å². The lowest BCUT2D eigenvalue weighted by molar-refractivity contribution is 2.28. The van der Waals surface area contributed by atoms with Gasteiger partial charge in [0.1, 0.15) is 0 Å². The molecule has 0 radical (unpaired) electrons. The Morgan fingerprint density at radius 1 is 1.80 bits per heavy atom. The summed E-state index contributed by atoms with van der Waals surface area (Å²) in [4.78, 5) is 0.